The van der Waals surface area contributed by atoms with Crippen LogP contribution in [0.5, 0.6) is 11.5 Å². The maximum absolute atomic E-state index is 13.4. The van der Waals surface area contributed by atoms with Crippen LogP contribution >= 0.6 is 11.6 Å². The number of rotatable bonds is 3. The van der Waals surface area contributed by atoms with Gasteiger partial charge in [-0.3, -0.25) is 9.59 Å². The van der Waals surface area contributed by atoms with E-state index in [-0.39, 0.29) is 23.8 Å². The fourth-order valence-corrected chi connectivity index (χ4v) is 5.11. The number of carbonyl (C=O) groups excluding carboxylic acids is 2. The Labute approximate surface area is 193 Å². The second-order valence-corrected chi connectivity index (χ2v) is 9.10. The molecule has 0 bridgehead atoms. The van der Waals surface area contributed by atoms with Gasteiger partial charge >= 0.3 is 0 Å². The summed E-state index contributed by atoms with van der Waals surface area (Å²) in [7, 11) is 0. The average molecular weight is 455 g/mol. The molecule has 0 spiro atoms. The molecule has 0 aromatic heterocycles. The molecule has 2 amide bonds. The van der Waals surface area contributed by atoms with E-state index in [4.69, 9.17) is 21.1 Å². The van der Waals surface area contributed by atoms with Gasteiger partial charge in [0.1, 0.15) is 13.2 Å². The van der Waals surface area contributed by atoms with Gasteiger partial charge in [-0.1, -0.05) is 17.7 Å². The van der Waals surface area contributed by atoms with Gasteiger partial charge < -0.3 is 19.3 Å². The largest absolute Gasteiger partial charge is 0.486 e. The second-order valence-electron chi connectivity index (χ2n) is 8.67. The van der Waals surface area contributed by atoms with Crippen LogP contribution in [0.2, 0.25) is 5.02 Å². The smallest absolute Gasteiger partial charge is 0.253 e. The van der Waals surface area contributed by atoms with E-state index in [0.29, 0.717) is 49.7 Å². The molecule has 32 heavy (non-hydrogen) atoms. The van der Waals surface area contributed by atoms with E-state index < -0.39 is 0 Å². The molecule has 3 heterocycles. The van der Waals surface area contributed by atoms with E-state index in [1.165, 1.54) is 0 Å². The zero-order valence-electron chi connectivity index (χ0n) is 18.0. The molecule has 2 aromatic rings. The van der Waals surface area contributed by atoms with Crippen molar-refractivity contribution in [2.45, 2.75) is 31.7 Å². The van der Waals surface area contributed by atoms with Crippen LogP contribution in [-0.2, 0) is 4.79 Å². The van der Waals surface area contributed by atoms with Gasteiger partial charge in [-0.15, -0.1) is 0 Å². The van der Waals surface area contributed by atoms with Crippen LogP contribution in [0.25, 0.3) is 0 Å². The summed E-state index contributed by atoms with van der Waals surface area (Å²) in [6, 6.07) is 13.1. The summed E-state index contributed by atoms with van der Waals surface area (Å²) in [4.78, 5) is 30.0. The fourth-order valence-electron chi connectivity index (χ4n) is 4.98. The van der Waals surface area contributed by atoms with Crippen molar-refractivity contribution in [2.75, 3.05) is 32.8 Å². The highest BCUT2D eigenvalue weighted by atomic mass is 35.5. The zero-order chi connectivity index (χ0) is 22.1. The second kappa shape index (κ2) is 9.02. The lowest BCUT2D eigenvalue weighted by Gasteiger charge is -2.35. The summed E-state index contributed by atoms with van der Waals surface area (Å²) in [6.07, 6.45) is 3.35. The maximum Gasteiger partial charge on any atom is 0.253 e. The highest BCUT2D eigenvalue weighted by Gasteiger charge is 2.36. The van der Waals surface area contributed by atoms with Gasteiger partial charge in [0, 0.05) is 36.1 Å². The summed E-state index contributed by atoms with van der Waals surface area (Å²) < 4.78 is 11.4. The lowest BCUT2D eigenvalue weighted by Crippen LogP contribution is -2.44. The number of nitrogens with zero attached hydrogens (tertiary/aromatic N) is 2. The van der Waals surface area contributed by atoms with Crippen molar-refractivity contribution in [1.82, 2.24) is 9.80 Å². The molecule has 1 unspecified atom stereocenters. The Bertz CT molecular complexity index is 1000. The number of carbonyl (C=O) groups is 2. The van der Waals surface area contributed by atoms with Crippen molar-refractivity contribution in [2.24, 2.45) is 5.92 Å². The van der Waals surface area contributed by atoms with Gasteiger partial charge in [-0.25, -0.2) is 0 Å². The first-order chi connectivity index (χ1) is 15.6. The van der Waals surface area contributed by atoms with Gasteiger partial charge in [0.05, 0.1) is 6.04 Å². The summed E-state index contributed by atoms with van der Waals surface area (Å²) in [6.45, 7) is 3.10. The van der Waals surface area contributed by atoms with Crippen LogP contribution in [0.1, 0.15) is 47.6 Å². The first-order valence-electron chi connectivity index (χ1n) is 11.3. The number of benzene rings is 2. The summed E-state index contributed by atoms with van der Waals surface area (Å²) >= 11 is 5.93. The van der Waals surface area contributed by atoms with Crippen LogP contribution < -0.4 is 9.47 Å². The SMILES string of the molecule is O=C(c1ccc(Cl)cc1)N1CCC(C(=O)N2CCCC2c2ccc3c(c2)OCCO3)CC1. The quantitative estimate of drug-likeness (QED) is 0.692. The molecule has 1 atom stereocenters. The zero-order valence-corrected chi connectivity index (χ0v) is 18.7. The molecule has 3 aliphatic rings. The minimum Gasteiger partial charge on any atom is -0.486 e. The van der Waals surface area contributed by atoms with Crippen LogP contribution in [0.3, 0.4) is 0 Å². The van der Waals surface area contributed by atoms with Crippen molar-refractivity contribution in [3.63, 3.8) is 0 Å². The van der Waals surface area contributed by atoms with Gasteiger partial charge in [0.25, 0.3) is 5.91 Å². The minimum atomic E-state index is -0.0397. The number of ether oxygens (including phenoxy) is 2. The van der Waals surface area contributed by atoms with Gasteiger partial charge in [0.15, 0.2) is 11.5 Å². The Hall–Kier alpha value is -2.73. The van der Waals surface area contributed by atoms with Gasteiger partial charge in [0.2, 0.25) is 5.91 Å². The third-order valence-corrected chi connectivity index (χ3v) is 6.96. The molecule has 7 heteroatoms. The van der Waals surface area contributed by atoms with E-state index >= 15 is 0 Å². The van der Waals surface area contributed by atoms with E-state index in [1.54, 1.807) is 24.3 Å². The van der Waals surface area contributed by atoms with E-state index in [2.05, 4.69) is 6.07 Å². The minimum absolute atomic E-state index is 0.00268. The Morgan fingerprint density at radius 3 is 2.34 bits per heavy atom. The van der Waals surface area contributed by atoms with Crippen molar-refractivity contribution < 1.29 is 19.1 Å². The topological polar surface area (TPSA) is 59.1 Å². The Morgan fingerprint density at radius 1 is 0.875 bits per heavy atom. The van der Waals surface area contributed by atoms with Crippen LogP contribution in [0, 0.1) is 5.92 Å². The number of likely N-dealkylation sites (tertiary alicyclic amines) is 2. The highest BCUT2D eigenvalue weighted by Crippen LogP contribution is 2.39. The van der Waals surface area contributed by atoms with Crippen LogP contribution in [-0.4, -0.2) is 54.5 Å². The molecule has 5 rings (SSSR count). The fraction of sp³-hybridized carbons (Fsp3) is 0.440. The molecule has 0 radical (unpaired) electrons. The molecule has 3 aliphatic heterocycles. The molecular weight excluding hydrogens is 428 g/mol. The van der Waals surface area contributed by atoms with Crippen molar-refractivity contribution >= 4 is 23.4 Å². The number of hydrogen-bond acceptors (Lipinski definition) is 4. The van der Waals surface area contributed by atoms with E-state index in [1.807, 2.05) is 21.9 Å². The summed E-state index contributed by atoms with van der Waals surface area (Å²) in [5.74, 6) is 1.71. The summed E-state index contributed by atoms with van der Waals surface area (Å²) in [5.41, 5.74) is 1.74. The van der Waals surface area contributed by atoms with E-state index in [9.17, 15) is 9.59 Å². The van der Waals surface area contributed by atoms with Crippen LogP contribution in [0.4, 0.5) is 0 Å². The van der Waals surface area contributed by atoms with Gasteiger partial charge in [-0.05, 0) is 67.6 Å². The lowest BCUT2D eigenvalue weighted by atomic mass is 9.93. The van der Waals surface area contributed by atoms with Crippen molar-refractivity contribution in [1.29, 1.82) is 0 Å². The molecule has 168 valence electrons. The molecule has 2 fully saturated rings. The number of halogens is 1. The standard InChI is InChI=1S/C25H27ClN2O4/c26-20-6-3-17(4-7-20)24(29)27-12-9-18(10-13-27)25(30)28-11-1-2-21(28)19-5-8-22-23(16-19)32-15-14-31-22/h3-8,16,18,21H,1-2,9-15H2. The molecule has 2 aromatic carbocycles. The summed E-state index contributed by atoms with van der Waals surface area (Å²) in [5, 5.41) is 0.615. The molecule has 0 N–H and O–H groups in total. The molecule has 2 saturated heterocycles. The van der Waals surface area contributed by atoms with Crippen molar-refractivity contribution in [3.05, 3.63) is 58.6 Å². The van der Waals surface area contributed by atoms with Crippen LogP contribution in [0.15, 0.2) is 42.5 Å². The number of amides is 2. The third kappa shape index (κ3) is 4.16. The third-order valence-electron chi connectivity index (χ3n) is 6.71. The average Bonchev–Trinajstić information content (AvgIpc) is 3.33. The number of piperidine rings is 1. The van der Waals surface area contributed by atoms with Crippen molar-refractivity contribution in [3.8, 4) is 11.5 Å². The number of hydrogen-bond donors (Lipinski definition) is 0. The molecule has 0 aliphatic carbocycles. The predicted octanol–water partition coefficient (Wildman–Crippen LogP) is 4.33. The number of fused-ring (bicyclic) bond motifs is 1. The molecule has 0 saturated carbocycles. The Balaban J connectivity index is 1.23. The molecule has 6 nitrogen and oxygen atoms in total. The predicted molar refractivity (Wildman–Crippen MR) is 121 cm³/mol. The monoisotopic (exact) mass is 454 g/mol. The van der Waals surface area contributed by atoms with Gasteiger partial charge in [-0.2, -0.15) is 0 Å². The Morgan fingerprint density at radius 2 is 1.59 bits per heavy atom. The van der Waals surface area contributed by atoms with E-state index in [0.717, 1.165) is 36.4 Å². The highest BCUT2D eigenvalue weighted by molar-refractivity contribution is 6.30. The Kier molecular flexibility index (Phi) is 5.96. The maximum atomic E-state index is 13.4. The lowest BCUT2D eigenvalue weighted by molar-refractivity contribution is -0.137. The first kappa shape index (κ1) is 21.1. The molecular formula is C25H27ClN2O4. The first-order valence-corrected chi connectivity index (χ1v) is 11.7. The normalized spacial score (nSPS) is 21.0.